The monoisotopic (exact) mass is 213 g/mol. The Labute approximate surface area is 87.9 Å². The Morgan fingerprint density at radius 2 is 2.50 bits per heavy atom. The summed E-state index contributed by atoms with van der Waals surface area (Å²) in [5.74, 6) is 2.79. The third kappa shape index (κ3) is 2.27. The lowest BCUT2D eigenvalue weighted by atomic mass is 10.2. The summed E-state index contributed by atoms with van der Waals surface area (Å²) >= 11 is 1.92. The van der Waals surface area contributed by atoms with E-state index in [-0.39, 0.29) is 0 Å². The van der Waals surface area contributed by atoms with Crippen molar-refractivity contribution in [3.63, 3.8) is 0 Å². The first-order valence-electron chi connectivity index (χ1n) is 4.98. The number of hydrogen-bond donors (Lipinski definition) is 1. The molecule has 1 atom stereocenters. The minimum atomic E-state index is 0.450. The second-order valence-corrected chi connectivity index (χ2v) is 4.70. The fourth-order valence-electron chi connectivity index (χ4n) is 1.50. The summed E-state index contributed by atoms with van der Waals surface area (Å²) in [6.45, 7) is 0.888. The minimum Gasteiger partial charge on any atom is -0.424 e. The quantitative estimate of drug-likeness (QED) is 0.819. The van der Waals surface area contributed by atoms with Gasteiger partial charge in [0.15, 0.2) is 0 Å². The van der Waals surface area contributed by atoms with Crippen LogP contribution < -0.4 is 5.32 Å². The van der Waals surface area contributed by atoms with Gasteiger partial charge < -0.3 is 9.73 Å². The number of aromatic nitrogens is 2. The van der Waals surface area contributed by atoms with E-state index in [1.165, 1.54) is 18.6 Å². The van der Waals surface area contributed by atoms with Gasteiger partial charge in [0.2, 0.25) is 11.8 Å². The Balaban J connectivity index is 1.94. The summed E-state index contributed by atoms with van der Waals surface area (Å²) in [7, 11) is 1.92. The topological polar surface area (TPSA) is 51.0 Å². The predicted molar refractivity (Wildman–Crippen MR) is 56.4 cm³/mol. The zero-order chi connectivity index (χ0) is 9.80. The van der Waals surface area contributed by atoms with Gasteiger partial charge in [0.05, 0.1) is 5.25 Å². The Kier molecular flexibility index (Phi) is 3.42. The van der Waals surface area contributed by atoms with E-state index < -0.39 is 0 Å². The molecule has 1 saturated heterocycles. The predicted octanol–water partition coefficient (Wildman–Crippen LogP) is 1.40. The molecule has 5 heteroatoms. The first-order chi connectivity index (χ1) is 6.90. The summed E-state index contributed by atoms with van der Waals surface area (Å²) in [5.41, 5.74) is 0. The Morgan fingerprint density at radius 3 is 3.21 bits per heavy atom. The minimum absolute atomic E-state index is 0.450. The Morgan fingerprint density at radius 1 is 1.57 bits per heavy atom. The summed E-state index contributed by atoms with van der Waals surface area (Å²) in [5, 5.41) is 11.6. The van der Waals surface area contributed by atoms with Crippen LogP contribution in [0, 0.1) is 0 Å². The molecule has 1 aromatic rings. The molecule has 14 heavy (non-hydrogen) atoms. The van der Waals surface area contributed by atoms with Crippen molar-refractivity contribution in [1.82, 2.24) is 15.5 Å². The molecular weight excluding hydrogens is 198 g/mol. The fraction of sp³-hybridized carbons (Fsp3) is 0.778. The maximum Gasteiger partial charge on any atom is 0.229 e. The van der Waals surface area contributed by atoms with Crippen molar-refractivity contribution < 1.29 is 4.42 Å². The normalized spacial score (nSPS) is 21.6. The van der Waals surface area contributed by atoms with E-state index in [9.17, 15) is 0 Å². The van der Waals surface area contributed by atoms with Gasteiger partial charge in [0, 0.05) is 13.0 Å². The maximum absolute atomic E-state index is 5.59. The van der Waals surface area contributed by atoms with Crippen molar-refractivity contribution in [1.29, 1.82) is 0 Å². The molecule has 0 bridgehead atoms. The number of hydrogen-bond acceptors (Lipinski definition) is 5. The molecule has 78 valence electrons. The smallest absolute Gasteiger partial charge is 0.229 e. The van der Waals surface area contributed by atoms with Crippen molar-refractivity contribution >= 4 is 11.8 Å². The van der Waals surface area contributed by atoms with Crippen molar-refractivity contribution in [3.8, 4) is 0 Å². The molecule has 1 aromatic heterocycles. The number of nitrogens with zero attached hydrogens (tertiary/aromatic N) is 2. The molecule has 1 unspecified atom stereocenters. The second kappa shape index (κ2) is 4.79. The first kappa shape index (κ1) is 9.98. The van der Waals surface area contributed by atoms with E-state index in [1.807, 2.05) is 18.8 Å². The van der Waals surface area contributed by atoms with Crippen molar-refractivity contribution in [2.45, 2.75) is 24.5 Å². The van der Waals surface area contributed by atoms with Gasteiger partial charge in [-0.05, 0) is 25.6 Å². The second-order valence-electron chi connectivity index (χ2n) is 3.39. The van der Waals surface area contributed by atoms with E-state index in [1.54, 1.807) is 0 Å². The summed E-state index contributed by atoms with van der Waals surface area (Å²) in [6, 6.07) is 0. The molecule has 0 radical (unpaired) electrons. The van der Waals surface area contributed by atoms with E-state index in [0.29, 0.717) is 5.25 Å². The van der Waals surface area contributed by atoms with Gasteiger partial charge in [-0.3, -0.25) is 0 Å². The zero-order valence-electron chi connectivity index (χ0n) is 8.32. The molecule has 2 heterocycles. The lowest BCUT2D eigenvalue weighted by Crippen LogP contribution is -2.10. The van der Waals surface area contributed by atoms with Crippen LogP contribution in [0.25, 0.3) is 0 Å². The lowest BCUT2D eigenvalue weighted by molar-refractivity contribution is 0.441. The molecule has 0 aromatic carbocycles. The molecule has 0 amide bonds. The highest BCUT2D eigenvalue weighted by Gasteiger charge is 2.23. The molecule has 0 spiro atoms. The largest absolute Gasteiger partial charge is 0.424 e. The maximum atomic E-state index is 5.59. The van der Waals surface area contributed by atoms with Crippen LogP contribution in [0.15, 0.2) is 4.42 Å². The first-order valence-corrected chi connectivity index (χ1v) is 6.03. The molecule has 1 aliphatic heterocycles. The summed E-state index contributed by atoms with van der Waals surface area (Å²) in [6.07, 6.45) is 3.27. The van der Waals surface area contributed by atoms with Crippen LogP contribution in [0.5, 0.6) is 0 Å². The number of thioether (sulfide) groups is 1. The van der Waals surface area contributed by atoms with Crippen LogP contribution in [0.1, 0.15) is 29.9 Å². The molecule has 4 nitrogen and oxygen atoms in total. The van der Waals surface area contributed by atoms with E-state index in [2.05, 4.69) is 15.5 Å². The molecule has 1 fully saturated rings. The average Bonchev–Trinajstić information content (AvgIpc) is 2.85. The van der Waals surface area contributed by atoms with Gasteiger partial charge in [-0.1, -0.05) is 0 Å². The highest BCUT2D eigenvalue weighted by Crippen LogP contribution is 2.38. The van der Waals surface area contributed by atoms with Gasteiger partial charge in [-0.2, -0.15) is 0 Å². The van der Waals surface area contributed by atoms with Crippen LogP contribution in [-0.4, -0.2) is 29.5 Å². The van der Waals surface area contributed by atoms with Crippen LogP contribution in [0.2, 0.25) is 0 Å². The molecular formula is C9H15N3OS. The van der Waals surface area contributed by atoms with E-state index >= 15 is 0 Å². The van der Waals surface area contributed by atoms with Crippen LogP contribution in [0.3, 0.4) is 0 Å². The summed E-state index contributed by atoms with van der Waals surface area (Å²) in [4.78, 5) is 0. The Hall–Kier alpha value is -0.550. The van der Waals surface area contributed by atoms with Gasteiger partial charge in [0.25, 0.3) is 0 Å². The Bertz CT molecular complexity index is 283. The van der Waals surface area contributed by atoms with Gasteiger partial charge >= 0.3 is 0 Å². The molecule has 0 saturated carbocycles. The van der Waals surface area contributed by atoms with E-state index in [0.717, 1.165) is 24.7 Å². The third-order valence-corrected chi connectivity index (χ3v) is 3.64. The van der Waals surface area contributed by atoms with Gasteiger partial charge in [-0.15, -0.1) is 22.0 Å². The highest BCUT2D eigenvalue weighted by molar-refractivity contribution is 7.99. The lowest BCUT2D eigenvalue weighted by Gasteiger charge is -1.99. The van der Waals surface area contributed by atoms with E-state index in [4.69, 9.17) is 4.42 Å². The fourth-order valence-corrected chi connectivity index (χ4v) is 2.69. The molecule has 2 rings (SSSR count). The number of nitrogens with one attached hydrogen (secondary N) is 1. The van der Waals surface area contributed by atoms with Crippen LogP contribution in [-0.2, 0) is 6.42 Å². The highest BCUT2D eigenvalue weighted by atomic mass is 32.2. The molecule has 0 aliphatic carbocycles. The SMILES string of the molecule is CNCCc1nnc(C2CCCS2)o1. The molecule has 1 aliphatic rings. The van der Waals surface area contributed by atoms with Crippen molar-refractivity contribution in [2.24, 2.45) is 0 Å². The third-order valence-electron chi connectivity index (χ3n) is 2.28. The molecule has 1 N–H and O–H groups in total. The van der Waals surface area contributed by atoms with Crippen molar-refractivity contribution in [2.75, 3.05) is 19.3 Å². The summed E-state index contributed by atoms with van der Waals surface area (Å²) < 4.78 is 5.59. The number of likely N-dealkylation sites (N-methyl/N-ethyl adjacent to an activating group) is 1. The standard InChI is InChI=1S/C9H15N3OS/c1-10-5-4-8-11-12-9(13-8)7-3-2-6-14-7/h7,10H,2-6H2,1H3. The van der Waals surface area contributed by atoms with Crippen LogP contribution >= 0.6 is 11.8 Å². The van der Waals surface area contributed by atoms with Crippen molar-refractivity contribution in [3.05, 3.63) is 11.8 Å². The number of rotatable bonds is 4. The van der Waals surface area contributed by atoms with Gasteiger partial charge in [-0.25, -0.2) is 0 Å². The zero-order valence-corrected chi connectivity index (χ0v) is 9.14. The average molecular weight is 213 g/mol. The van der Waals surface area contributed by atoms with Gasteiger partial charge in [0.1, 0.15) is 0 Å². The van der Waals surface area contributed by atoms with Crippen LogP contribution in [0.4, 0.5) is 0 Å².